The second kappa shape index (κ2) is 6.13. The van der Waals surface area contributed by atoms with Crippen LogP contribution in [0.25, 0.3) is 0 Å². The lowest BCUT2D eigenvalue weighted by Crippen LogP contribution is -2.27. The maximum Gasteiger partial charge on any atom is 0.223 e. The van der Waals surface area contributed by atoms with Gasteiger partial charge in [-0.2, -0.15) is 5.10 Å². The van der Waals surface area contributed by atoms with Crippen LogP contribution in [0.15, 0.2) is 5.16 Å². The molecule has 1 aromatic rings. The Balaban J connectivity index is 2.02. The van der Waals surface area contributed by atoms with Crippen molar-refractivity contribution in [2.45, 2.75) is 32.2 Å². The van der Waals surface area contributed by atoms with E-state index in [1.807, 2.05) is 6.92 Å². The van der Waals surface area contributed by atoms with Gasteiger partial charge < -0.3 is 20.6 Å². The topological polar surface area (TPSA) is 88.9 Å². The minimum absolute atomic E-state index is 0.0311. The fraction of sp³-hybridized carbons (Fsp3) is 0.692. The fourth-order valence-corrected chi connectivity index (χ4v) is 2.78. The summed E-state index contributed by atoms with van der Waals surface area (Å²) >= 11 is 0. The van der Waals surface area contributed by atoms with Gasteiger partial charge in [-0.25, -0.2) is 4.68 Å². The number of ether oxygens (including phenoxy) is 1. The SMILES string of the molecule is Cc1nn(C)c(OCCC2CCCN2C)c1C(N)=NO. The zero-order valence-electron chi connectivity index (χ0n) is 12.3. The molecule has 1 unspecified atom stereocenters. The first-order chi connectivity index (χ1) is 9.54. The highest BCUT2D eigenvalue weighted by molar-refractivity contribution is 6.00. The van der Waals surface area contributed by atoms with Gasteiger partial charge in [-0.1, -0.05) is 5.16 Å². The molecule has 1 atom stereocenters. The van der Waals surface area contributed by atoms with Crippen molar-refractivity contribution in [3.63, 3.8) is 0 Å². The van der Waals surface area contributed by atoms with E-state index < -0.39 is 0 Å². The van der Waals surface area contributed by atoms with E-state index in [1.54, 1.807) is 11.7 Å². The first-order valence-electron chi connectivity index (χ1n) is 6.89. The van der Waals surface area contributed by atoms with Crippen LogP contribution in [0.3, 0.4) is 0 Å². The number of oxime groups is 1. The number of likely N-dealkylation sites (tertiary alicyclic amines) is 1. The summed E-state index contributed by atoms with van der Waals surface area (Å²) in [6.07, 6.45) is 3.44. The second-order valence-corrected chi connectivity index (χ2v) is 5.29. The van der Waals surface area contributed by atoms with Gasteiger partial charge >= 0.3 is 0 Å². The van der Waals surface area contributed by atoms with Gasteiger partial charge in [0.2, 0.25) is 5.88 Å². The van der Waals surface area contributed by atoms with Crippen LogP contribution >= 0.6 is 0 Å². The summed E-state index contributed by atoms with van der Waals surface area (Å²) in [7, 11) is 3.94. The van der Waals surface area contributed by atoms with E-state index in [4.69, 9.17) is 15.7 Å². The van der Waals surface area contributed by atoms with Gasteiger partial charge in [-0.15, -0.1) is 0 Å². The van der Waals surface area contributed by atoms with Crippen molar-refractivity contribution in [2.75, 3.05) is 20.2 Å². The van der Waals surface area contributed by atoms with Crippen LogP contribution in [-0.4, -0.2) is 52.0 Å². The van der Waals surface area contributed by atoms with Crippen LogP contribution in [0.4, 0.5) is 0 Å². The van der Waals surface area contributed by atoms with Crippen molar-refractivity contribution in [3.05, 3.63) is 11.3 Å². The lowest BCUT2D eigenvalue weighted by molar-refractivity contribution is 0.222. The fourth-order valence-electron chi connectivity index (χ4n) is 2.78. The van der Waals surface area contributed by atoms with Crippen LogP contribution in [0, 0.1) is 6.92 Å². The summed E-state index contributed by atoms with van der Waals surface area (Å²) < 4.78 is 7.45. The molecule has 0 saturated carbocycles. The van der Waals surface area contributed by atoms with Crippen molar-refractivity contribution in [3.8, 4) is 5.88 Å². The molecule has 0 bridgehead atoms. The maximum atomic E-state index is 8.84. The van der Waals surface area contributed by atoms with Crippen LogP contribution in [0.1, 0.15) is 30.5 Å². The van der Waals surface area contributed by atoms with E-state index in [9.17, 15) is 0 Å². The summed E-state index contributed by atoms with van der Waals surface area (Å²) in [5.41, 5.74) is 6.94. The van der Waals surface area contributed by atoms with Crippen LogP contribution in [-0.2, 0) is 7.05 Å². The molecule has 20 heavy (non-hydrogen) atoms. The van der Waals surface area contributed by atoms with E-state index >= 15 is 0 Å². The quantitative estimate of drug-likeness (QED) is 0.359. The van der Waals surface area contributed by atoms with Crippen molar-refractivity contribution in [1.82, 2.24) is 14.7 Å². The van der Waals surface area contributed by atoms with Gasteiger partial charge in [0.1, 0.15) is 5.56 Å². The minimum atomic E-state index is 0.0311. The van der Waals surface area contributed by atoms with Gasteiger partial charge in [0.25, 0.3) is 0 Å². The minimum Gasteiger partial charge on any atom is -0.477 e. The normalized spacial score (nSPS) is 20.6. The third-order valence-electron chi connectivity index (χ3n) is 3.89. The van der Waals surface area contributed by atoms with Crippen LogP contribution < -0.4 is 10.5 Å². The van der Waals surface area contributed by atoms with Crippen molar-refractivity contribution >= 4 is 5.84 Å². The predicted molar refractivity (Wildman–Crippen MR) is 76.2 cm³/mol. The Morgan fingerprint density at radius 2 is 2.30 bits per heavy atom. The second-order valence-electron chi connectivity index (χ2n) is 5.29. The van der Waals surface area contributed by atoms with Gasteiger partial charge in [-0.3, -0.25) is 0 Å². The van der Waals surface area contributed by atoms with E-state index in [1.165, 1.54) is 12.8 Å². The summed E-state index contributed by atoms with van der Waals surface area (Å²) in [5, 5.41) is 16.1. The Morgan fingerprint density at radius 1 is 1.55 bits per heavy atom. The Labute approximate surface area is 119 Å². The molecular formula is C13H23N5O2. The predicted octanol–water partition coefficient (Wildman–Crippen LogP) is 0.686. The highest BCUT2D eigenvalue weighted by Gasteiger charge is 2.22. The van der Waals surface area contributed by atoms with Crippen LogP contribution in [0.5, 0.6) is 5.88 Å². The van der Waals surface area contributed by atoms with Gasteiger partial charge in [0.05, 0.1) is 12.3 Å². The third-order valence-corrected chi connectivity index (χ3v) is 3.89. The molecule has 1 aromatic heterocycles. The van der Waals surface area contributed by atoms with Gasteiger partial charge in [-0.05, 0) is 39.8 Å². The Kier molecular flexibility index (Phi) is 4.49. The number of nitrogens with zero attached hydrogens (tertiary/aromatic N) is 4. The number of nitrogens with two attached hydrogens (primary N) is 1. The first-order valence-corrected chi connectivity index (χ1v) is 6.89. The van der Waals surface area contributed by atoms with Crippen molar-refractivity contribution in [2.24, 2.45) is 17.9 Å². The van der Waals surface area contributed by atoms with Crippen LogP contribution in [0.2, 0.25) is 0 Å². The molecule has 3 N–H and O–H groups in total. The zero-order chi connectivity index (χ0) is 14.7. The van der Waals surface area contributed by atoms with Gasteiger partial charge in [0, 0.05) is 13.1 Å². The lowest BCUT2D eigenvalue weighted by Gasteiger charge is -2.19. The summed E-state index contributed by atoms with van der Waals surface area (Å²) in [5.74, 6) is 0.585. The summed E-state index contributed by atoms with van der Waals surface area (Å²) in [6, 6.07) is 0.580. The molecule has 1 fully saturated rings. The Bertz CT molecular complexity index is 497. The molecule has 0 aliphatic carbocycles. The monoisotopic (exact) mass is 281 g/mol. The van der Waals surface area contributed by atoms with E-state index in [0.717, 1.165) is 13.0 Å². The zero-order valence-corrected chi connectivity index (χ0v) is 12.3. The Hall–Kier alpha value is -1.76. The molecule has 0 aromatic carbocycles. The third kappa shape index (κ3) is 2.87. The molecule has 0 radical (unpaired) electrons. The number of hydrogen-bond acceptors (Lipinski definition) is 5. The largest absolute Gasteiger partial charge is 0.477 e. The molecule has 7 nitrogen and oxygen atoms in total. The smallest absolute Gasteiger partial charge is 0.223 e. The van der Waals surface area contributed by atoms with Gasteiger partial charge in [0.15, 0.2) is 5.84 Å². The maximum absolute atomic E-state index is 8.84. The number of amidine groups is 1. The highest BCUT2D eigenvalue weighted by atomic mass is 16.5. The molecule has 2 heterocycles. The lowest BCUT2D eigenvalue weighted by atomic mass is 10.1. The molecule has 1 saturated heterocycles. The molecule has 112 valence electrons. The van der Waals surface area contributed by atoms with E-state index in [0.29, 0.717) is 29.8 Å². The molecule has 7 heteroatoms. The average Bonchev–Trinajstić information content (AvgIpc) is 2.93. The number of rotatable bonds is 5. The highest BCUT2D eigenvalue weighted by Crippen LogP contribution is 2.23. The molecular weight excluding hydrogens is 258 g/mol. The first kappa shape index (κ1) is 14.6. The molecule has 1 aliphatic rings. The van der Waals surface area contributed by atoms with E-state index in [-0.39, 0.29) is 5.84 Å². The van der Waals surface area contributed by atoms with E-state index in [2.05, 4.69) is 22.2 Å². The summed E-state index contributed by atoms with van der Waals surface area (Å²) in [4.78, 5) is 2.36. The number of aryl methyl sites for hydroxylation is 2. The number of hydrogen-bond donors (Lipinski definition) is 2. The standard InChI is InChI=1S/C13H23N5O2/c1-9-11(12(14)16-19)13(18(3)15-9)20-8-6-10-5-4-7-17(10)2/h10,19H,4-8H2,1-3H3,(H2,14,16). The molecule has 0 spiro atoms. The average molecular weight is 281 g/mol. The Morgan fingerprint density at radius 3 is 2.90 bits per heavy atom. The van der Waals surface area contributed by atoms with Crippen molar-refractivity contribution < 1.29 is 9.94 Å². The summed E-state index contributed by atoms with van der Waals surface area (Å²) in [6.45, 7) is 3.57. The molecule has 1 aliphatic heterocycles. The van der Waals surface area contributed by atoms with Crippen molar-refractivity contribution in [1.29, 1.82) is 0 Å². The molecule has 0 amide bonds. The number of aromatic nitrogens is 2. The molecule has 2 rings (SSSR count).